The Morgan fingerprint density at radius 1 is 1.10 bits per heavy atom. The molecule has 2 heterocycles. The van der Waals surface area contributed by atoms with Crippen LogP contribution in [-0.2, 0) is 0 Å². The molecule has 2 aromatic carbocycles. The van der Waals surface area contributed by atoms with Gasteiger partial charge >= 0.3 is 0 Å². The van der Waals surface area contributed by atoms with Crippen LogP contribution >= 0.6 is 22.6 Å². The van der Waals surface area contributed by atoms with Gasteiger partial charge in [-0.1, -0.05) is 6.92 Å². The predicted molar refractivity (Wildman–Crippen MR) is 127 cm³/mol. The molecule has 4 rings (SSSR count). The van der Waals surface area contributed by atoms with Crippen molar-refractivity contribution in [3.05, 3.63) is 62.0 Å². The van der Waals surface area contributed by atoms with Gasteiger partial charge in [0.05, 0.1) is 11.3 Å². The molecule has 1 saturated heterocycles. The highest BCUT2D eigenvalue weighted by atomic mass is 127. The summed E-state index contributed by atoms with van der Waals surface area (Å²) >= 11 is 2.19. The molecule has 1 fully saturated rings. The van der Waals surface area contributed by atoms with Crippen LogP contribution in [0.3, 0.4) is 0 Å². The molecule has 0 aliphatic carbocycles. The Labute approximate surface area is 183 Å². The second-order valence-corrected chi connectivity index (χ2v) is 8.35. The summed E-state index contributed by atoms with van der Waals surface area (Å²) in [6.07, 6.45) is 1.61. The third kappa shape index (κ3) is 4.30. The Morgan fingerprint density at radius 3 is 2.52 bits per heavy atom. The van der Waals surface area contributed by atoms with Gasteiger partial charge in [-0.3, -0.25) is 14.8 Å². The number of H-pyrrole nitrogens is 1. The zero-order valence-corrected chi connectivity index (χ0v) is 18.4. The standard InChI is InChI=1S/C22H23IN4O2/c1-2-26-9-11-27(12-10-26)17-6-4-16(5-7-17)24-14-20-19-13-15(23)3-8-18(19)21(28)25-22(20)29/h3-8,13-14H,2,9-12H2,1H3,(H2,25,28,29). The first-order valence-electron chi connectivity index (χ1n) is 9.71. The molecule has 0 unspecified atom stereocenters. The number of benzene rings is 2. The van der Waals surface area contributed by atoms with Crippen LogP contribution in [0.5, 0.6) is 5.88 Å². The predicted octanol–water partition coefficient (Wildman–Crippen LogP) is 3.73. The van der Waals surface area contributed by atoms with E-state index in [-0.39, 0.29) is 11.4 Å². The number of anilines is 1. The Hall–Kier alpha value is -2.39. The van der Waals surface area contributed by atoms with Crippen LogP contribution in [0.4, 0.5) is 11.4 Å². The fourth-order valence-corrected chi connectivity index (χ4v) is 4.14. The van der Waals surface area contributed by atoms with E-state index in [1.165, 1.54) is 5.69 Å². The quantitative estimate of drug-likeness (QED) is 0.422. The largest absolute Gasteiger partial charge is 0.494 e. The molecule has 29 heavy (non-hydrogen) atoms. The minimum Gasteiger partial charge on any atom is -0.494 e. The Bertz CT molecular complexity index is 1100. The Morgan fingerprint density at radius 2 is 1.83 bits per heavy atom. The SMILES string of the molecule is CCN1CCN(c2ccc(N=Cc3c(O)[nH]c(=O)c4ccc(I)cc34)cc2)CC1. The number of aromatic hydroxyl groups is 1. The van der Waals surface area contributed by atoms with Crippen LogP contribution in [-0.4, -0.2) is 53.9 Å². The molecule has 6 nitrogen and oxygen atoms in total. The van der Waals surface area contributed by atoms with E-state index in [0.717, 1.165) is 42.0 Å². The van der Waals surface area contributed by atoms with Crippen LogP contribution in [0, 0.1) is 3.57 Å². The highest BCUT2D eigenvalue weighted by Gasteiger charge is 2.15. The van der Waals surface area contributed by atoms with Crippen LogP contribution in [0.1, 0.15) is 12.5 Å². The number of hydrogen-bond donors (Lipinski definition) is 2. The molecular weight excluding hydrogens is 479 g/mol. The van der Waals surface area contributed by atoms with Crippen molar-refractivity contribution < 1.29 is 5.11 Å². The van der Waals surface area contributed by atoms with Crippen molar-refractivity contribution in [3.63, 3.8) is 0 Å². The Kier molecular flexibility index (Phi) is 5.86. The number of hydrogen-bond acceptors (Lipinski definition) is 5. The number of halogens is 1. The maximum Gasteiger partial charge on any atom is 0.258 e. The summed E-state index contributed by atoms with van der Waals surface area (Å²) < 4.78 is 0.988. The van der Waals surface area contributed by atoms with Crippen molar-refractivity contribution in [1.82, 2.24) is 9.88 Å². The van der Waals surface area contributed by atoms with Crippen LogP contribution in [0.15, 0.2) is 52.3 Å². The molecule has 150 valence electrons. The third-order valence-electron chi connectivity index (χ3n) is 5.38. The number of aromatic amines is 1. The van der Waals surface area contributed by atoms with Crippen molar-refractivity contribution in [2.45, 2.75) is 6.92 Å². The maximum atomic E-state index is 12.1. The maximum absolute atomic E-state index is 12.1. The molecular formula is C22H23IN4O2. The number of fused-ring (bicyclic) bond motifs is 1. The van der Waals surface area contributed by atoms with E-state index in [1.54, 1.807) is 12.3 Å². The lowest BCUT2D eigenvalue weighted by molar-refractivity contribution is 0.271. The zero-order chi connectivity index (χ0) is 20.4. The number of likely N-dealkylation sites (N-methyl/N-ethyl adjacent to an activating group) is 1. The number of aromatic nitrogens is 1. The van der Waals surface area contributed by atoms with Crippen LogP contribution in [0.25, 0.3) is 10.8 Å². The van der Waals surface area contributed by atoms with Gasteiger partial charge in [-0.05, 0) is 71.6 Å². The fraction of sp³-hybridized carbons (Fsp3) is 0.273. The number of aliphatic imine (C=N–C) groups is 1. The molecule has 0 bridgehead atoms. The van der Waals surface area contributed by atoms with Crippen LogP contribution < -0.4 is 10.5 Å². The average Bonchev–Trinajstić information content (AvgIpc) is 2.74. The molecule has 1 aliphatic rings. The van der Waals surface area contributed by atoms with Gasteiger partial charge in [-0.2, -0.15) is 0 Å². The van der Waals surface area contributed by atoms with Crippen molar-refractivity contribution in [3.8, 4) is 5.88 Å². The number of piperazine rings is 1. The third-order valence-corrected chi connectivity index (χ3v) is 6.05. The van der Waals surface area contributed by atoms with Gasteiger partial charge in [-0.15, -0.1) is 0 Å². The molecule has 0 spiro atoms. The van der Waals surface area contributed by atoms with Gasteiger partial charge < -0.3 is 14.9 Å². The smallest absolute Gasteiger partial charge is 0.258 e. The molecule has 0 atom stereocenters. The highest BCUT2D eigenvalue weighted by Crippen LogP contribution is 2.25. The van der Waals surface area contributed by atoms with Gasteiger partial charge in [0.2, 0.25) is 5.88 Å². The number of nitrogens with zero attached hydrogens (tertiary/aromatic N) is 3. The van der Waals surface area contributed by atoms with Gasteiger partial charge in [0.1, 0.15) is 0 Å². The number of pyridine rings is 1. The summed E-state index contributed by atoms with van der Waals surface area (Å²) in [7, 11) is 0. The summed E-state index contributed by atoms with van der Waals surface area (Å²) in [5.74, 6) is -0.168. The van der Waals surface area contributed by atoms with Crippen LogP contribution in [0.2, 0.25) is 0 Å². The van der Waals surface area contributed by atoms with Gasteiger partial charge in [0, 0.05) is 52.4 Å². The molecule has 0 radical (unpaired) electrons. The van der Waals surface area contributed by atoms with E-state index >= 15 is 0 Å². The van der Waals surface area contributed by atoms with Gasteiger partial charge in [0.15, 0.2) is 0 Å². The van der Waals surface area contributed by atoms with Crippen molar-refractivity contribution in [2.24, 2.45) is 4.99 Å². The lowest BCUT2D eigenvalue weighted by Gasteiger charge is -2.35. The lowest BCUT2D eigenvalue weighted by atomic mass is 10.1. The second-order valence-electron chi connectivity index (χ2n) is 7.10. The molecule has 7 heteroatoms. The fourth-order valence-electron chi connectivity index (χ4n) is 3.65. The van der Waals surface area contributed by atoms with Crippen molar-refractivity contribution in [2.75, 3.05) is 37.6 Å². The van der Waals surface area contributed by atoms with Crippen molar-refractivity contribution >= 4 is 51.0 Å². The lowest BCUT2D eigenvalue weighted by Crippen LogP contribution is -2.46. The summed E-state index contributed by atoms with van der Waals surface area (Å²) in [6, 6.07) is 13.6. The average molecular weight is 502 g/mol. The first-order chi connectivity index (χ1) is 14.0. The molecule has 3 aromatic rings. The molecule has 0 saturated carbocycles. The van der Waals surface area contributed by atoms with E-state index in [9.17, 15) is 9.90 Å². The monoisotopic (exact) mass is 502 g/mol. The highest BCUT2D eigenvalue weighted by molar-refractivity contribution is 14.1. The zero-order valence-electron chi connectivity index (χ0n) is 16.2. The van der Waals surface area contributed by atoms with E-state index in [0.29, 0.717) is 16.3 Å². The van der Waals surface area contributed by atoms with E-state index in [1.807, 2.05) is 24.3 Å². The van der Waals surface area contributed by atoms with E-state index < -0.39 is 0 Å². The minimum atomic E-state index is -0.307. The second kappa shape index (κ2) is 8.54. The molecule has 1 aliphatic heterocycles. The van der Waals surface area contributed by atoms with Crippen molar-refractivity contribution in [1.29, 1.82) is 0 Å². The topological polar surface area (TPSA) is 71.9 Å². The van der Waals surface area contributed by atoms with Gasteiger partial charge in [0.25, 0.3) is 5.56 Å². The molecule has 1 aromatic heterocycles. The normalized spacial score (nSPS) is 15.4. The molecule has 0 amide bonds. The number of rotatable bonds is 4. The first-order valence-corrected chi connectivity index (χ1v) is 10.8. The van der Waals surface area contributed by atoms with E-state index in [4.69, 9.17) is 0 Å². The molecule has 2 N–H and O–H groups in total. The van der Waals surface area contributed by atoms with Gasteiger partial charge in [-0.25, -0.2) is 0 Å². The summed E-state index contributed by atoms with van der Waals surface area (Å²) in [6.45, 7) is 7.56. The number of nitrogens with one attached hydrogen (secondary N) is 1. The minimum absolute atomic E-state index is 0.168. The summed E-state index contributed by atoms with van der Waals surface area (Å²) in [4.78, 5) is 24.0. The summed E-state index contributed by atoms with van der Waals surface area (Å²) in [5.41, 5.74) is 2.20. The first kappa shape index (κ1) is 19.9. The summed E-state index contributed by atoms with van der Waals surface area (Å²) in [5, 5.41) is 11.5. The Balaban J connectivity index is 1.57. The van der Waals surface area contributed by atoms with E-state index in [2.05, 4.69) is 61.4 Å².